The number of aromatic nitrogens is 3. The molecule has 25 heavy (non-hydrogen) atoms. The number of nitrogens with zero attached hydrogens (tertiary/aromatic N) is 3. The van der Waals surface area contributed by atoms with Crippen molar-refractivity contribution in [3.05, 3.63) is 58.7 Å². The highest BCUT2D eigenvalue weighted by molar-refractivity contribution is 5.53. The van der Waals surface area contributed by atoms with Gasteiger partial charge in [-0.3, -0.25) is 4.68 Å². The van der Waals surface area contributed by atoms with Gasteiger partial charge in [0.2, 0.25) is 5.89 Å². The van der Waals surface area contributed by atoms with Crippen molar-refractivity contribution in [2.75, 3.05) is 6.61 Å². The summed E-state index contributed by atoms with van der Waals surface area (Å²) in [7, 11) is 0. The smallest absolute Gasteiger partial charge is 0.226 e. The Kier molecular flexibility index (Phi) is 5.31. The molecule has 0 unspecified atom stereocenters. The lowest BCUT2D eigenvalue weighted by Gasteiger charge is -2.04. The Morgan fingerprint density at radius 3 is 2.60 bits per heavy atom. The van der Waals surface area contributed by atoms with E-state index in [-0.39, 0.29) is 6.61 Å². The Bertz CT molecular complexity index is 834. The Morgan fingerprint density at radius 1 is 1.12 bits per heavy atom. The van der Waals surface area contributed by atoms with Gasteiger partial charge in [0.05, 0.1) is 24.5 Å². The number of aryl methyl sites for hydroxylation is 2. The van der Waals surface area contributed by atoms with Gasteiger partial charge in [0.15, 0.2) is 0 Å². The van der Waals surface area contributed by atoms with E-state index in [4.69, 9.17) is 9.52 Å². The molecule has 0 saturated heterocycles. The summed E-state index contributed by atoms with van der Waals surface area (Å²) in [5.74, 6) is 0.639. The molecule has 0 saturated carbocycles. The standard InChI is InChI=1S/C19H24N4O2/c1-13-4-6-16(7-5-13)19-21-17(12-25-19)10-20-11-18-14(2)22-23(8-9-24)15(18)3/h4-7,12,20,24H,8-11H2,1-3H3. The van der Waals surface area contributed by atoms with Crippen molar-refractivity contribution >= 4 is 0 Å². The Balaban J connectivity index is 1.61. The SMILES string of the molecule is Cc1ccc(-c2nc(CNCc3c(C)nn(CCO)c3C)co2)cc1. The lowest BCUT2D eigenvalue weighted by Crippen LogP contribution is -2.14. The van der Waals surface area contributed by atoms with Crippen LogP contribution < -0.4 is 5.32 Å². The lowest BCUT2D eigenvalue weighted by atomic mass is 10.1. The first-order chi connectivity index (χ1) is 12.1. The highest BCUT2D eigenvalue weighted by Gasteiger charge is 2.11. The van der Waals surface area contributed by atoms with Gasteiger partial charge in [-0.1, -0.05) is 17.7 Å². The number of rotatable bonds is 7. The first-order valence-corrected chi connectivity index (χ1v) is 8.44. The van der Waals surface area contributed by atoms with Crippen LogP contribution in [-0.2, 0) is 19.6 Å². The van der Waals surface area contributed by atoms with Crippen LogP contribution in [-0.4, -0.2) is 26.5 Å². The van der Waals surface area contributed by atoms with Crippen molar-refractivity contribution in [2.24, 2.45) is 0 Å². The largest absolute Gasteiger partial charge is 0.444 e. The van der Waals surface area contributed by atoms with Gasteiger partial charge in [-0.15, -0.1) is 0 Å². The lowest BCUT2D eigenvalue weighted by molar-refractivity contribution is 0.267. The molecule has 0 amide bonds. The number of benzene rings is 1. The number of hydrogen-bond donors (Lipinski definition) is 2. The van der Waals surface area contributed by atoms with E-state index in [2.05, 4.69) is 22.3 Å². The molecule has 2 N–H and O–H groups in total. The van der Waals surface area contributed by atoms with Gasteiger partial charge >= 0.3 is 0 Å². The molecule has 0 fully saturated rings. The second-order valence-electron chi connectivity index (χ2n) is 6.21. The van der Waals surface area contributed by atoms with E-state index in [1.807, 2.05) is 42.8 Å². The maximum absolute atomic E-state index is 9.09. The van der Waals surface area contributed by atoms with Crippen LogP contribution in [0.2, 0.25) is 0 Å². The van der Waals surface area contributed by atoms with Crippen molar-refractivity contribution in [1.29, 1.82) is 0 Å². The fourth-order valence-electron chi connectivity index (χ4n) is 2.83. The van der Waals surface area contributed by atoms with Crippen LogP contribution in [0.1, 0.15) is 28.2 Å². The van der Waals surface area contributed by atoms with Crippen molar-refractivity contribution in [3.63, 3.8) is 0 Å². The van der Waals surface area contributed by atoms with Crippen molar-refractivity contribution < 1.29 is 9.52 Å². The highest BCUT2D eigenvalue weighted by Crippen LogP contribution is 2.19. The predicted molar refractivity (Wildman–Crippen MR) is 96.0 cm³/mol. The van der Waals surface area contributed by atoms with Crippen LogP contribution in [0.15, 0.2) is 34.9 Å². The summed E-state index contributed by atoms with van der Waals surface area (Å²) in [6.07, 6.45) is 1.69. The Hall–Kier alpha value is -2.44. The predicted octanol–water partition coefficient (Wildman–Crippen LogP) is 2.75. The second-order valence-corrected chi connectivity index (χ2v) is 6.21. The normalized spacial score (nSPS) is 11.2. The van der Waals surface area contributed by atoms with E-state index < -0.39 is 0 Å². The number of aliphatic hydroxyl groups excluding tert-OH is 1. The monoisotopic (exact) mass is 340 g/mol. The quantitative estimate of drug-likeness (QED) is 0.692. The minimum absolute atomic E-state index is 0.0928. The van der Waals surface area contributed by atoms with E-state index in [0.717, 1.165) is 28.2 Å². The van der Waals surface area contributed by atoms with E-state index in [0.29, 0.717) is 25.5 Å². The minimum atomic E-state index is 0.0928. The molecular weight excluding hydrogens is 316 g/mol. The van der Waals surface area contributed by atoms with Crippen LogP contribution in [0.25, 0.3) is 11.5 Å². The van der Waals surface area contributed by atoms with E-state index in [1.54, 1.807) is 6.26 Å². The molecule has 0 spiro atoms. The summed E-state index contributed by atoms with van der Waals surface area (Å²) in [5.41, 5.74) is 6.29. The molecular formula is C19H24N4O2. The van der Waals surface area contributed by atoms with Crippen LogP contribution in [0, 0.1) is 20.8 Å². The second kappa shape index (κ2) is 7.63. The summed E-state index contributed by atoms with van der Waals surface area (Å²) < 4.78 is 7.43. The zero-order valence-electron chi connectivity index (χ0n) is 14.9. The molecule has 0 aliphatic rings. The summed E-state index contributed by atoms with van der Waals surface area (Å²) in [5, 5.41) is 16.9. The van der Waals surface area contributed by atoms with Gasteiger partial charge in [-0.05, 0) is 32.9 Å². The van der Waals surface area contributed by atoms with Crippen molar-refractivity contribution in [3.8, 4) is 11.5 Å². The molecule has 0 atom stereocenters. The summed E-state index contributed by atoms with van der Waals surface area (Å²) in [4.78, 5) is 4.54. The zero-order valence-corrected chi connectivity index (χ0v) is 14.9. The van der Waals surface area contributed by atoms with E-state index >= 15 is 0 Å². The average molecular weight is 340 g/mol. The molecule has 1 aromatic carbocycles. The molecule has 2 aromatic heterocycles. The van der Waals surface area contributed by atoms with Gasteiger partial charge < -0.3 is 14.8 Å². The first kappa shape index (κ1) is 17.4. The summed E-state index contributed by atoms with van der Waals surface area (Å²) in [6, 6.07) is 8.13. The molecule has 6 heteroatoms. The average Bonchev–Trinajstić information content (AvgIpc) is 3.16. The zero-order chi connectivity index (χ0) is 17.8. The molecule has 0 radical (unpaired) electrons. The van der Waals surface area contributed by atoms with Crippen LogP contribution in [0.3, 0.4) is 0 Å². The topological polar surface area (TPSA) is 76.1 Å². The number of oxazole rings is 1. The molecule has 2 heterocycles. The van der Waals surface area contributed by atoms with Crippen LogP contribution in [0.4, 0.5) is 0 Å². The van der Waals surface area contributed by atoms with Gasteiger partial charge in [0.25, 0.3) is 0 Å². The van der Waals surface area contributed by atoms with Gasteiger partial charge in [0.1, 0.15) is 6.26 Å². The third-order valence-electron chi connectivity index (χ3n) is 4.30. The molecule has 0 aliphatic heterocycles. The van der Waals surface area contributed by atoms with Gasteiger partial charge in [-0.2, -0.15) is 5.10 Å². The molecule has 3 aromatic rings. The fourth-order valence-corrected chi connectivity index (χ4v) is 2.83. The maximum Gasteiger partial charge on any atom is 0.226 e. The first-order valence-electron chi connectivity index (χ1n) is 8.44. The Labute approximate surface area is 147 Å². The Morgan fingerprint density at radius 2 is 1.88 bits per heavy atom. The van der Waals surface area contributed by atoms with Gasteiger partial charge in [0, 0.05) is 29.9 Å². The van der Waals surface area contributed by atoms with Crippen molar-refractivity contribution in [2.45, 2.75) is 40.4 Å². The van der Waals surface area contributed by atoms with E-state index in [9.17, 15) is 0 Å². The van der Waals surface area contributed by atoms with Gasteiger partial charge in [-0.25, -0.2) is 4.98 Å². The number of nitrogens with one attached hydrogen (secondary N) is 1. The van der Waals surface area contributed by atoms with Crippen LogP contribution in [0.5, 0.6) is 0 Å². The third kappa shape index (κ3) is 3.97. The number of aliphatic hydroxyl groups is 1. The maximum atomic E-state index is 9.09. The summed E-state index contributed by atoms with van der Waals surface area (Å²) >= 11 is 0. The number of hydrogen-bond acceptors (Lipinski definition) is 5. The fraction of sp³-hybridized carbons (Fsp3) is 0.368. The van der Waals surface area contributed by atoms with Crippen LogP contribution >= 0.6 is 0 Å². The molecule has 0 bridgehead atoms. The van der Waals surface area contributed by atoms with Crippen molar-refractivity contribution in [1.82, 2.24) is 20.1 Å². The molecule has 3 rings (SSSR count). The highest BCUT2D eigenvalue weighted by atomic mass is 16.3. The minimum Gasteiger partial charge on any atom is -0.444 e. The molecule has 132 valence electrons. The summed E-state index contributed by atoms with van der Waals surface area (Å²) in [6.45, 7) is 8.02. The van der Waals surface area contributed by atoms with E-state index in [1.165, 1.54) is 5.56 Å². The molecule has 6 nitrogen and oxygen atoms in total. The third-order valence-corrected chi connectivity index (χ3v) is 4.30. The molecule has 0 aliphatic carbocycles.